The van der Waals surface area contributed by atoms with Crippen molar-refractivity contribution >= 4 is 28.2 Å². The van der Waals surface area contributed by atoms with Crippen LogP contribution in [0.2, 0.25) is 0 Å². The number of hydrogen-bond acceptors (Lipinski definition) is 3. The third-order valence-electron chi connectivity index (χ3n) is 6.89. The maximum absolute atomic E-state index is 13.6. The molecule has 2 amide bonds. The summed E-state index contributed by atoms with van der Waals surface area (Å²) < 4.78 is 0. The van der Waals surface area contributed by atoms with Crippen molar-refractivity contribution < 1.29 is 9.59 Å². The topological polar surface area (TPSA) is 49.4 Å². The Hall–Kier alpha value is -2.14. The molecule has 0 saturated carbocycles. The number of anilines is 1. The van der Waals surface area contributed by atoms with E-state index in [0.717, 1.165) is 61.3 Å². The molecule has 0 bridgehead atoms. The first-order valence-corrected chi connectivity index (χ1v) is 12.4. The predicted molar refractivity (Wildman–Crippen MR) is 128 cm³/mol. The van der Waals surface area contributed by atoms with Crippen LogP contribution in [0.4, 0.5) is 5.00 Å². The fourth-order valence-corrected chi connectivity index (χ4v) is 6.09. The van der Waals surface area contributed by atoms with Crippen LogP contribution in [0.5, 0.6) is 0 Å². The van der Waals surface area contributed by atoms with Gasteiger partial charge in [-0.3, -0.25) is 9.59 Å². The molecule has 4 rings (SSSR count). The molecule has 1 aliphatic carbocycles. The predicted octanol–water partition coefficient (Wildman–Crippen LogP) is 6.09. The van der Waals surface area contributed by atoms with Gasteiger partial charge in [0.2, 0.25) is 0 Å². The number of aryl methyl sites for hydroxylation is 1. The van der Waals surface area contributed by atoms with Gasteiger partial charge in [0.05, 0.1) is 5.56 Å². The number of hydrogen-bond donors (Lipinski definition) is 1. The van der Waals surface area contributed by atoms with E-state index in [4.69, 9.17) is 0 Å². The molecule has 1 aliphatic heterocycles. The van der Waals surface area contributed by atoms with Crippen LogP contribution in [-0.2, 0) is 12.8 Å². The number of carbonyl (C=O) groups excluding carboxylic acids is 2. The van der Waals surface area contributed by atoms with Crippen LogP contribution in [0.15, 0.2) is 24.3 Å². The molecule has 0 spiro atoms. The third kappa shape index (κ3) is 4.72. The molecular weight excluding hydrogens is 404 g/mol. The van der Waals surface area contributed by atoms with Crippen LogP contribution < -0.4 is 5.32 Å². The summed E-state index contributed by atoms with van der Waals surface area (Å²) in [5.74, 6) is 0.557. The van der Waals surface area contributed by atoms with Gasteiger partial charge in [0.15, 0.2) is 0 Å². The fourth-order valence-electron chi connectivity index (χ4n) is 4.77. The molecule has 1 saturated heterocycles. The molecule has 1 atom stereocenters. The van der Waals surface area contributed by atoms with Crippen LogP contribution in [0.1, 0.15) is 83.2 Å². The van der Waals surface area contributed by atoms with Gasteiger partial charge in [-0.25, -0.2) is 0 Å². The van der Waals surface area contributed by atoms with Gasteiger partial charge >= 0.3 is 0 Å². The summed E-state index contributed by atoms with van der Waals surface area (Å²) in [5, 5.41) is 3.85. The van der Waals surface area contributed by atoms with E-state index in [2.05, 4.69) is 26.1 Å². The Kier molecular flexibility index (Phi) is 6.25. The van der Waals surface area contributed by atoms with Gasteiger partial charge in [-0.15, -0.1) is 11.3 Å². The highest BCUT2D eigenvalue weighted by Crippen LogP contribution is 2.45. The first-order chi connectivity index (χ1) is 14.7. The lowest BCUT2D eigenvalue weighted by Crippen LogP contribution is -2.36. The fraction of sp³-hybridized carbons (Fsp3) is 0.538. The van der Waals surface area contributed by atoms with Crippen LogP contribution in [0, 0.1) is 18.3 Å². The van der Waals surface area contributed by atoms with Crippen molar-refractivity contribution in [3.63, 3.8) is 0 Å². The monoisotopic (exact) mass is 438 g/mol. The van der Waals surface area contributed by atoms with Gasteiger partial charge in [-0.1, -0.05) is 38.5 Å². The molecule has 4 nitrogen and oxygen atoms in total. The van der Waals surface area contributed by atoms with Crippen molar-refractivity contribution in [1.82, 2.24) is 4.90 Å². The highest BCUT2D eigenvalue weighted by atomic mass is 32.1. The zero-order valence-electron chi connectivity index (χ0n) is 19.2. The first kappa shape index (κ1) is 22.1. The quantitative estimate of drug-likeness (QED) is 0.631. The Balaban J connectivity index is 1.67. The largest absolute Gasteiger partial charge is 0.339 e. The van der Waals surface area contributed by atoms with Gasteiger partial charge < -0.3 is 10.2 Å². The number of nitrogens with zero attached hydrogens (tertiary/aromatic N) is 1. The second-order valence-electron chi connectivity index (χ2n) is 10.2. The van der Waals surface area contributed by atoms with Crippen LogP contribution >= 0.6 is 11.3 Å². The standard InChI is InChI=1S/C26H34N2O2S/c1-17-8-10-18(11-9-17)23(29)27-24-22(25(30)28-14-6-5-7-15-28)20-13-12-19(26(2,3)4)16-21(20)31-24/h8-11,19H,5-7,12-16H2,1-4H3,(H,27,29). The van der Waals surface area contributed by atoms with E-state index in [-0.39, 0.29) is 17.2 Å². The van der Waals surface area contributed by atoms with Gasteiger partial charge in [-0.05, 0) is 74.5 Å². The Labute approximate surface area is 190 Å². The molecule has 1 N–H and O–H groups in total. The smallest absolute Gasteiger partial charge is 0.257 e. The number of piperidine rings is 1. The SMILES string of the molecule is Cc1ccc(C(=O)Nc2sc3c(c2C(=O)N2CCCCC2)CCC(C(C)(C)C)C3)cc1. The van der Waals surface area contributed by atoms with E-state index in [1.54, 1.807) is 11.3 Å². The molecule has 1 aromatic carbocycles. The lowest BCUT2D eigenvalue weighted by atomic mass is 9.72. The zero-order chi connectivity index (χ0) is 22.2. The summed E-state index contributed by atoms with van der Waals surface area (Å²) in [6, 6.07) is 7.59. The average molecular weight is 439 g/mol. The van der Waals surface area contributed by atoms with Crippen molar-refractivity contribution in [3.8, 4) is 0 Å². The highest BCUT2D eigenvalue weighted by Gasteiger charge is 2.35. The first-order valence-electron chi connectivity index (χ1n) is 11.6. The van der Waals surface area contributed by atoms with Crippen molar-refractivity contribution in [3.05, 3.63) is 51.4 Å². The van der Waals surface area contributed by atoms with Crippen molar-refractivity contribution in [2.45, 2.75) is 66.2 Å². The minimum atomic E-state index is -0.140. The number of likely N-dealkylation sites (tertiary alicyclic amines) is 1. The molecule has 1 aromatic heterocycles. The lowest BCUT2D eigenvalue weighted by Gasteiger charge is -2.34. The number of benzene rings is 1. The molecule has 2 aromatic rings. The summed E-state index contributed by atoms with van der Waals surface area (Å²) >= 11 is 1.62. The molecule has 1 unspecified atom stereocenters. The van der Waals surface area contributed by atoms with Gasteiger partial charge in [0.1, 0.15) is 5.00 Å². The summed E-state index contributed by atoms with van der Waals surface area (Å²) in [7, 11) is 0. The number of carbonyl (C=O) groups is 2. The molecule has 31 heavy (non-hydrogen) atoms. The van der Waals surface area contributed by atoms with Crippen molar-refractivity contribution in [2.75, 3.05) is 18.4 Å². The molecular formula is C26H34N2O2S. The number of thiophene rings is 1. The Morgan fingerprint density at radius 3 is 2.39 bits per heavy atom. The maximum atomic E-state index is 13.6. The number of rotatable bonds is 3. The van der Waals surface area contributed by atoms with Gasteiger partial charge in [-0.2, -0.15) is 0 Å². The third-order valence-corrected chi connectivity index (χ3v) is 8.06. The van der Waals surface area contributed by atoms with E-state index in [9.17, 15) is 9.59 Å². The lowest BCUT2D eigenvalue weighted by molar-refractivity contribution is 0.0724. The van der Waals surface area contributed by atoms with E-state index in [1.807, 2.05) is 36.1 Å². The molecule has 1 fully saturated rings. The average Bonchev–Trinajstić information content (AvgIpc) is 3.10. The highest BCUT2D eigenvalue weighted by molar-refractivity contribution is 7.17. The van der Waals surface area contributed by atoms with E-state index < -0.39 is 0 Å². The Morgan fingerprint density at radius 1 is 1.06 bits per heavy atom. The number of nitrogens with one attached hydrogen (secondary N) is 1. The molecule has 0 radical (unpaired) electrons. The van der Waals surface area contributed by atoms with Crippen LogP contribution in [-0.4, -0.2) is 29.8 Å². The summed E-state index contributed by atoms with van der Waals surface area (Å²) in [4.78, 5) is 29.8. The maximum Gasteiger partial charge on any atom is 0.257 e. The molecule has 5 heteroatoms. The van der Waals surface area contributed by atoms with Gasteiger partial charge in [0.25, 0.3) is 11.8 Å². The van der Waals surface area contributed by atoms with E-state index >= 15 is 0 Å². The van der Waals surface area contributed by atoms with Crippen LogP contribution in [0.25, 0.3) is 0 Å². The minimum absolute atomic E-state index is 0.102. The Bertz CT molecular complexity index is 963. The number of amides is 2. The van der Waals surface area contributed by atoms with E-state index in [0.29, 0.717) is 11.5 Å². The molecule has 2 heterocycles. The second-order valence-corrected chi connectivity index (χ2v) is 11.3. The second kappa shape index (κ2) is 8.78. The van der Waals surface area contributed by atoms with Gasteiger partial charge in [0, 0.05) is 23.5 Å². The van der Waals surface area contributed by atoms with Crippen molar-refractivity contribution in [1.29, 1.82) is 0 Å². The molecule has 2 aliphatic rings. The minimum Gasteiger partial charge on any atom is -0.339 e. The summed E-state index contributed by atoms with van der Waals surface area (Å²) in [5.41, 5.74) is 3.93. The van der Waals surface area contributed by atoms with Crippen molar-refractivity contribution in [2.24, 2.45) is 11.3 Å². The zero-order valence-corrected chi connectivity index (χ0v) is 20.0. The van der Waals surface area contributed by atoms with Crippen LogP contribution in [0.3, 0.4) is 0 Å². The molecule has 166 valence electrons. The number of fused-ring (bicyclic) bond motifs is 1. The summed E-state index contributed by atoms with van der Waals surface area (Å²) in [6.07, 6.45) is 6.33. The summed E-state index contributed by atoms with van der Waals surface area (Å²) in [6.45, 7) is 10.6. The Morgan fingerprint density at radius 2 is 1.74 bits per heavy atom. The normalized spacial score (nSPS) is 19.1. The van der Waals surface area contributed by atoms with E-state index in [1.165, 1.54) is 16.9 Å².